The Morgan fingerprint density at radius 3 is 2.88 bits per heavy atom. The van der Waals surface area contributed by atoms with Crippen molar-refractivity contribution in [1.29, 1.82) is 0 Å². The third kappa shape index (κ3) is 1.91. The SMILES string of the molecule is O=C1OC2C=CCCC2/C1=C\c1ccccc1. The van der Waals surface area contributed by atoms with Crippen molar-refractivity contribution < 1.29 is 9.53 Å². The molecule has 0 spiro atoms. The highest BCUT2D eigenvalue weighted by Crippen LogP contribution is 2.36. The highest BCUT2D eigenvalue weighted by atomic mass is 16.5. The van der Waals surface area contributed by atoms with Gasteiger partial charge in [0.2, 0.25) is 0 Å². The number of fused-ring (bicyclic) bond motifs is 1. The molecule has 0 N–H and O–H groups in total. The molecule has 2 atom stereocenters. The van der Waals surface area contributed by atoms with Crippen molar-refractivity contribution >= 4 is 12.0 Å². The number of hydrogen-bond donors (Lipinski definition) is 0. The number of hydrogen-bond acceptors (Lipinski definition) is 2. The van der Waals surface area contributed by atoms with Gasteiger partial charge in [0.1, 0.15) is 6.10 Å². The predicted molar refractivity (Wildman–Crippen MR) is 66.2 cm³/mol. The molecule has 2 unspecified atom stereocenters. The molecular formula is C15H14O2. The number of benzene rings is 1. The number of ether oxygens (including phenoxy) is 1. The lowest BCUT2D eigenvalue weighted by Gasteiger charge is -2.17. The number of rotatable bonds is 1. The average Bonchev–Trinajstić information content (AvgIpc) is 2.68. The van der Waals surface area contributed by atoms with Crippen LogP contribution >= 0.6 is 0 Å². The molecule has 2 nitrogen and oxygen atoms in total. The summed E-state index contributed by atoms with van der Waals surface area (Å²) < 4.78 is 5.36. The van der Waals surface area contributed by atoms with E-state index >= 15 is 0 Å². The fourth-order valence-corrected chi connectivity index (χ4v) is 2.50. The Bertz CT molecular complexity index is 485. The molecule has 0 saturated carbocycles. The molecular weight excluding hydrogens is 212 g/mol. The van der Waals surface area contributed by atoms with Crippen LogP contribution in [-0.2, 0) is 9.53 Å². The van der Waals surface area contributed by atoms with Crippen molar-refractivity contribution in [3.8, 4) is 0 Å². The predicted octanol–water partition coefficient (Wildman–Crippen LogP) is 2.96. The second-order valence-corrected chi connectivity index (χ2v) is 4.49. The Morgan fingerprint density at radius 1 is 1.24 bits per heavy atom. The molecule has 86 valence electrons. The Kier molecular flexibility index (Phi) is 2.56. The van der Waals surface area contributed by atoms with Crippen molar-refractivity contribution in [3.05, 3.63) is 53.6 Å². The summed E-state index contributed by atoms with van der Waals surface area (Å²) >= 11 is 0. The first-order chi connectivity index (χ1) is 8.34. The van der Waals surface area contributed by atoms with E-state index in [4.69, 9.17) is 4.74 Å². The zero-order chi connectivity index (χ0) is 11.7. The lowest BCUT2D eigenvalue weighted by atomic mass is 9.86. The summed E-state index contributed by atoms with van der Waals surface area (Å²) in [6.45, 7) is 0. The van der Waals surface area contributed by atoms with E-state index in [0.717, 1.165) is 24.0 Å². The molecule has 1 aliphatic carbocycles. The van der Waals surface area contributed by atoms with Crippen LogP contribution in [0.15, 0.2) is 48.1 Å². The third-order valence-electron chi connectivity index (χ3n) is 3.37. The molecule has 0 aromatic heterocycles. The molecule has 0 radical (unpaired) electrons. The van der Waals surface area contributed by atoms with Crippen molar-refractivity contribution in [2.75, 3.05) is 0 Å². The number of carbonyl (C=O) groups is 1. The zero-order valence-electron chi connectivity index (χ0n) is 9.50. The fourth-order valence-electron chi connectivity index (χ4n) is 2.50. The van der Waals surface area contributed by atoms with Crippen molar-refractivity contribution in [1.82, 2.24) is 0 Å². The van der Waals surface area contributed by atoms with E-state index in [2.05, 4.69) is 6.08 Å². The van der Waals surface area contributed by atoms with Crippen LogP contribution in [0.4, 0.5) is 0 Å². The molecule has 2 heteroatoms. The molecule has 0 amide bonds. The summed E-state index contributed by atoms with van der Waals surface area (Å²) in [4.78, 5) is 11.8. The minimum absolute atomic E-state index is 0.0359. The molecule has 3 rings (SSSR count). The third-order valence-corrected chi connectivity index (χ3v) is 3.37. The number of allylic oxidation sites excluding steroid dienone is 1. The monoisotopic (exact) mass is 226 g/mol. The smallest absolute Gasteiger partial charge is 0.335 e. The summed E-state index contributed by atoms with van der Waals surface area (Å²) in [7, 11) is 0. The molecule has 1 saturated heterocycles. The largest absolute Gasteiger partial charge is 0.454 e. The summed E-state index contributed by atoms with van der Waals surface area (Å²) in [5.74, 6) is 0.0862. The molecule has 1 aromatic carbocycles. The Labute approximate surface area is 101 Å². The van der Waals surface area contributed by atoms with E-state index in [1.807, 2.05) is 42.5 Å². The number of carbonyl (C=O) groups excluding carboxylic acids is 1. The highest BCUT2D eigenvalue weighted by molar-refractivity contribution is 5.96. The summed E-state index contributed by atoms with van der Waals surface area (Å²) in [5, 5.41) is 0. The van der Waals surface area contributed by atoms with Crippen LogP contribution in [0.25, 0.3) is 6.08 Å². The van der Waals surface area contributed by atoms with Crippen molar-refractivity contribution in [2.24, 2.45) is 5.92 Å². The lowest BCUT2D eigenvalue weighted by Crippen LogP contribution is -2.16. The first kappa shape index (κ1) is 10.3. The first-order valence-corrected chi connectivity index (χ1v) is 5.99. The van der Waals surface area contributed by atoms with Crippen LogP contribution in [0.3, 0.4) is 0 Å². The standard InChI is InChI=1S/C15H14O2/c16-15-13(10-11-6-2-1-3-7-11)12-8-4-5-9-14(12)17-15/h1-3,5-7,9-10,12,14H,4,8H2/b13-10+. The first-order valence-electron chi connectivity index (χ1n) is 5.99. The fraction of sp³-hybridized carbons (Fsp3) is 0.267. The quantitative estimate of drug-likeness (QED) is 0.418. The minimum Gasteiger partial charge on any atom is -0.454 e. The van der Waals surface area contributed by atoms with E-state index in [-0.39, 0.29) is 18.0 Å². The highest BCUT2D eigenvalue weighted by Gasteiger charge is 2.38. The van der Waals surface area contributed by atoms with Gasteiger partial charge in [-0.1, -0.05) is 36.4 Å². The molecule has 1 aromatic rings. The Morgan fingerprint density at radius 2 is 2.06 bits per heavy atom. The van der Waals surface area contributed by atoms with Crippen LogP contribution in [0.5, 0.6) is 0 Å². The molecule has 2 aliphatic rings. The summed E-state index contributed by atoms with van der Waals surface area (Å²) in [6.07, 6.45) is 8.07. The van der Waals surface area contributed by atoms with Crippen molar-refractivity contribution in [3.63, 3.8) is 0 Å². The maximum absolute atomic E-state index is 11.8. The van der Waals surface area contributed by atoms with Crippen LogP contribution in [0.1, 0.15) is 18.4 Å². The average molecular weight is 226 g/mol. The molecule has 0 bridgehead atoms. The van der Waals surface area contributed by atoms with Gasteiger partial charge in [-0.25, -0.2) is 4.79 Å². The van der Waals surface area contributed by atoms with E-state index in [0.29, 0.717) is 0 Å². The van der Waals surface area contributed by atoms with Crippen molar-refractivity contribution in [2.45, 2.75) is 18.9 Å². The van der Waals surface area contributed by atoms with Crippen LogP contribution in [0.2, 0.25) is 0 Å². The minimum atomic E-state index is -0.157. The van der Waals surface area contributed by atoms with E-state index in [1.54, 1.807) is 0 Å². The van der Waals surface area contributed by atoms with Crippen LogP contribution in [0, 0.1) is 5.92 Å². The summed E-state index contributed by atoms with van der Waals surface area (Å²) in [6, 6.07) is 9.94. The Balaban J connectivity index is 1.95. The number of esters is 1. The molecule has 17 heavy (non-hydrogen) atoms. The van der Waals surface area contributed by atoms with Crippen LogP contribution < -0.4 is 0 Å². The van der Waals surface area contributed by atoms with Gasteiger partial charge in [-0.2, -0.15) is 0 Å². The van der Waals surface area contributed by atoms with Gasteiger partial charge in [-0.3, -0.25) is 0 Å². The molecule has 1 aliphatic heterocycles. The van der Waals surface area contributed by atoms with Gasteiger partial charge in [0.15, 0.2) is 0 Å². The van der Waals surface area contributed by atoms with E-state index in [9.17, 15) is 4.79 Å². The molecule has 1 heterocycles. The van der Waals surface area contributed by atoms with Gasteiger partial charge in [0.25, 0.3) is 0 Å². The maximum Gasteiger partial charge on any atom is 0.335 e. The molecule has 1 fully saturated rings. The second kappa shape index (κ2) is 4.21. The lowest BCUT2D eigenvalue weighted by molar-refractivity contribution is -0.137. The second-order valence-electron chi connectivity index (χ2n) is 4.49. The van der Waals surface area contributed by atoms with Gasteiger partial charge >= 0.3 is 5.97 Å². The summed E-state index contributed by atoms with van der Waals surface area (Å²) in [5.41, 5.74) is 1.89. The van der Waals surface area contributed by atoms with Gasteiger partial charge < -0.3 is 4.74 Å². The van der Waals surface area contributed by atoms with E-state index < -0.39 is 0 Å². The topological polar surface area (TPSA) is 26.3 Å². The Hall–Kier alpha value is -1.83. The van der Waals surface area contributed by atoms with E-state index in [1.165, 1.54) is 0 Å². The van der Waals surface area contributed by atoms with Gasteiger partial charge in [0, 0.05) is 11.5 Å². The van der Waals surface area contributed by atoms with Gasteiger partial charge in [-0.05, 0) is 30.6 Å². The van der Waals surface area contributed by atoms with Gasteiger partial charge in [0.05, 0.1) is 0 Å². The van der Waals surface area contributed by atoms with Crippen LogP contribution in [-0.4, -0.2) is 12.1 Å². The normalized spacial score (nSPS) is 29.2. The maximum atomic E-state index is 11.8. The van der Waals surface area contributed by atoms with Gasteiger partial charge in [-0.15, -0.1) is 0 Å². The zero-order valence-corrected chi connectivity index (χ0v) is 9.50.